The Morgan fingerprint density at radius 1 is 1.00 bits per heavy atom. The zero-order chi connectivity index (χ0) is 20.2. The molecule has 0 saturated carbocycles. The Hall–Kier alpha value is -3.44. The van der Waals surface area contributed by atoms with E-state index in [9.17, 15) is 14.7 Å². The normalized spacial score (nSPS) is 16.8. The monoisotopic (exact) mass is 401 g/mol. The number of amides is 1. The van der Waals surface area contributed by atoms with E-state index in [1.807, 2.05) is 78.2 Å². The molecular formula is C24H19NO3S. The molecule has 0 fully saturated rings. The van der Waals surface area contributed by atoms with Gasteiger partial charge in [-0.3, -0.25) is 9.59 Å². The number of hydrogen-bond donors (Lipinski definition) is 1. The number of benzene rings is 2. The van der Waals surface area contributed by atoms with Gasteiger partial charge in [0.1, 0.15) is 0 Å². The molecule has 2 aromatic carbocycles. The molecule has 1 N–H and O–H groups in total. The fraction of sp³-hybridized carbons (Fsp3) is 0.0833. The Bertz CT molecular complexity index is 1070. The number of ketones is 1. The van der Waals surface area contributed by atoms with Gasteiger partial charge in [0, 0.05) is 11.4 Å². The van der Waals surface area contributed by atoms with Crippen LogP contribution in [0.5, 0.6) is 0 Å². The van der Waals surface area contributed by atoms with E-state index >= 15 is 0 Å². The number of nitrogens with zero attached hydrogens (tertiary/aromatic N) is 1. The molecule has 2 heterocycles. The second-order valence-corrected chi connectivity index (χ2v) is 7.69. The first-order valence-electron chi connectivity index (χ1n) is 9.24. The molecule has 1 atom stereocenters. The summed E-state index contributed by atoms with van der Waals surface area (Å²) in [6, 6.07) is 22.2. The molecule has 0 aliphatic carbocycles. The van der Waals surface area contributed by atoms with Gasteiger partial charge in [-0.05, 0) is 28.6 Å². The molecule has 1 aliphatic rings. The van der Waals surface area contributed by atoms with E-state index in [0.717, 1.165) is 16.0 Å². The maximum absolute atomic E-state index is 13.0. The second kappa shape index (κ2) is 8.29. The minimum atomic E-state index is -0.601. The van der Waals surface area contributed by atoms with Crippen molar-refractivity contribution in [2.45, 2.75) is 12.6 Å². The van der Waals surface area contributed by atoms with Crippen LogP contribution in [0.3, 0.4) is 0 Å². The van der Waals surface area contributed by atoms with Crippen molar-refractivity contribution in [3.05, 3.63) is 112 Å². The Morgan fingerprint density at radius 2 is 1.69 bits per heavy atom. The smallest absolute Gasteiger partial charge is 0.290 e. The van der Waals surface area contributed by atoms with Gasteiger partial charge in [-0.15, -0.1) is 11.3 Å². The Kier molecular flexibility index (Phi) is 5.40. The van der Waals surface area contributed by atoms with Crippen molar-refractivity contribution in [2.75, 3.05) is 0 Å². The average molecular weight is 401 g/mol. The third-order valence-electron chi connectivity index (χ3n) is 4.80. The topological polar surface area (TPSA) is 57.6 Å². The fourth-order valence-corrected chi connectivity index (χ4v) is 4.26. The van der Waals surface area contributed by atoms with Gasteiger partial charge in [-0.1, -0.05) is 72.8 Å². The van der Waals surface area contributed by atoms with Crippen LogP contribution in [0.4, 0.5) is 0 Å². The second-order valence-electron chi connectivity index (χ2n) is 6.71. The molecule has 1 aliphatic heterocycles. The molecule has 0 radical (unpaired) electrons. The number of carbonyl (C=O) groups is 2. The van der Waals surface area contributed by atoms with Crippen LogP contribution in [0.15, 0.2) is 95.6 Å². The maximum Gasteiger partial charge on any atom is 0.290 e. The van der Waals surface area contributed by atoms with Crippen LogP contribution < -0.4 is 0 Å². The van der Waals surface area contributed by atoms with E-state index in [-0.39, 0.29) is 11.4 Å². The summed E-state index contributed by atoms with van der Waals surface area (Å²) in [6.45, 7) is 0.311. The van der Waals surface area contributed by atoms with Crippen LogP contribution in [0.2, 0.25) is 0 Å². The van der Waals surface area contributed by atoms with E-state index in [1.54, 1.807) is 11.0 Å². The van der Waals surface area contributed by atoms with Crippen LogP contribution >= 0.6 is 11.3 Å². The molecule has 4 nitrogen and oxygen atoms in total. The van der Waals surface area contributed by atoms with Crippen molar-refractivity contribution in [2.24, 2.45) is 0 Å². The van der Waals surface area contributed by atoms with Crippen LogP contribution in [0.25, 0.3) is 6.08 Å². The minimum absolute atomic E-state index is 0.126. The molecular weight excluding hydrogens is 382 g/mol. The van der Waals surface area contributed by atoms with E-state index in [4.69, 9.17) is 0 Å². The van der Waals surface area contributed by atoms with Crippen molar-refractivity contribution < 1.29 is 14.7 Å². The number of allylic oxidation sites excluding steroid dienone is 1. The fourth-order valence-electron chi connectivity index (χ4n) is 3.42. The zero-order valence-corrected chi connectivity index (χ0v) is 16.4. The van der Waals surface area contributed by atoms with Crippen LogP contribution in [-0.2, 0) is 16.1 Å². The van der Waals surface area contributed by atoms with Gasteiger partial charge >= 0.3 is 0 Å². The lowest BCUT2D eigenvalue weighted by Crippen LogP contribution is -2.30. The van der Waals surface area contributed by atoms with Crippen molar-refractivity contribution >= 4 is 29.1 Å². The lowest BCUT2D eigenvalue weighted by atomic mass is 10.0. The number of rotatable bonds is 6. The molecule has 1 unspecified atom stereocenters. The van der Waals surface area contributed by atoms with Crippen LogP contribution in [0.1, 0.15) is 22.0 Å². The van der Waals surface area contributed by atoms with Gasteiger partial charge in [-0.2, -0.15) is 0 Å². The van der Waals surface area contributed by atoms with Gasteiger partial charge in [0.2, 0.25) is 0 Å². The highest BCUT2D eigenvalue weighted by Crippen LogP contribution is 2.40. The standard InChI is InChI=1S/C24H19NO3S/c26-19(14-13-17-8-3-1-4-9-17)21-22(20-12-7-15-29-20)25(24(28)23(21)27)16-18-10-5-2-6-11-18/h1-15,22,27H,16H2/b14-13+. The molecule has 4 rings (SSSR count). The van der Waals surface area contributed by atoms with E-state index < -0.39 is 17.7 Å². The molecule has 3 aromatic rings. The summed E-state index contributed by atoms with van der Waals surface area (Å²) in [5.74, 6) is -1.36. The number of aliphatic hydroxyl groups excluding tert-OH is 1. The first kappa shape index (κ1) is 18.9. The SMILES string of the molecule is O=C(/C=C/c1ccccc1)C1=C(O)C(=O)N(Cc2ccccc2)C1c1cccs1. The lowest BCUT2D eigenvalue weighted by molar-refractivity contribution is -0.130. The highest BCUT2D eigenvalue weighted by atomic mass is 32.1. The average Bonchev–Trinajstić information content (AvgIpc) is 3.36. The number of carbonyl (C=O) groups excluding carboxylic acids is 2. The summed E-state index contributed by atoms with van der Waals surface area (Å²) >= 11 is 1.46. The van der Waals surface area contributed by atoms with Gasteiger partial charge in [0.25, 0.3) is 5.91 Å². The van der Waals surface area contributed by atoms with Gasteiger partial charge in [0.15, 0.2) is 11.5 Å². The van der Waals surface area contributed by atoms with E-state index in [1.165, 1.54) is 17.4 Å². The summed E-state index contributed by atoms with van der Waals surface area (Å²) in [6.07, 6.45) is 3.11. The zero-order valence-electron chi connectivity index (χ0n) is 15.6. The minimum Gasteiger partial charge on any atom is -0.503 e. The van der Waals surface area contributed by atoms with Gasteiger partial charge < -0.3 is 10.0 Å². The lowest BCUT2D eigenvalue weighted by Gasteiger charge is -2.25. The molecule has 0 bridgehead atoms. The van der Waals surface area contributed by atoms with Crippen molar-refractivity contribution in [3.8, 4) is 0 Å². The van der Waals surface area contributed by atoms with E-state index in [0.29, 0.717) is 6.54 Å². The molecule has 0 saturated heterocycles. The number of hydrogen-bond acceptors (Lipinski definition) is 4. The van der Waals surface area contributed by atoms with Crippen LogP contribution in [0, 0.1) is 0 Å². The summed E-state index contributed by atoms with van der Waals surface area (Å²) in [5, 5.41) is 12.5. The number of aliphatic hydroxyl groups is 1. The Balaban J connectivity index is 1.68. The molecule has 144 valence electrons. The van der Waals surface area contributed by atoms with Crippen LogP contribution in [-0.4, -0.2) is 21.7 Å². The van der Waals surface area contributed by atoms with Gasteiger partial charge in [0.05, 0.1) is 11.6 Å². The summed E-state index contributed by atoms with van der Waals surface area (Å²) in [4.78, 5) is 28.2. The third-order valence-corrected chi connectivity index (χ3v) is 5.73. The van der Waals surface area contributed by atoms with Gasteiger partial charge in [-0.25, -0.2) is 0 Å². The summed E-state index contributed by atoms with van der Waals surface area (Å²) in [7, 11) is 0. The van der Waals surface area contributed by atoms with Crippen molar-refractivity contribution in [3.63, 3.8) is 0 Å². The molecule has 0 spiro atoms. The molecule has 29 heavy (non-hydrogen) atoms. The highest BCUT2D eigenvalue weighted by molar-refractivity contribution is 7.10. The third kappa shape index (κ3) is 3.91. The highest BCUT2D eigenvalue weighted by Gasteiger charge is 2.43. The quantitative estimate of drug-likeness (QED) is 0.596. The van der Waals surface area contributed by atoms with Crippen molar-refractivity contribution in [1.82, 2.24) is 4.90 Å². The largest absolute Gasteiger partial charge is 0.503 e. The van der Waals surface area contributed by atoms with E-state index in [2.05, 4.69) is 0 Å². The summed E-state index contributed by atoms with van der Waals surface area (Å²) < 4.78 is 0. The Labute approximate surface area is 173 Å². The van der Waals surface area contributed by atoms with Crippen molar-refractivity contribution in [1.29, 1.82) is 0 Å². The number of thiophene rings is 1. The maximum atomic E-state index is 13.0. The molecule has 1 aromatic heterocycles. The Morgan fingerprint density at radius 3 is 2.34 bits per heavy atom. The summed E-state index contributed by atoms with van der Waals surface area (Å²) in [5.41, 5.74) is 1.93. The molecule has 5 heteroatoms. The molecule has 1 amide bonds. The predicted molar refractivity (Wildman–Crippen MR) is 114 cm³/mol. The first-order valence-corrected chi connectivity index (χ1v) is 10.1. The first-order chi connectivity index (χ1) is 14.1. The predicted octanol–water partition coefficient (Wildman–Crippen LogP) is 4.93.